The normalized spacial score (nSPS) is 15.4. The van der Waals surface area contributed by atoms with Crippen molar-refractivity contribution in [1.29, 1.82) is 0 Å². The minimum absolute atomic E-state index is 0.0665. The van der Waals surface area contributed by atoms with Crippen LogP contribution in [-0.4, -0.2) is 28.8 Å². The Morgan fingerprint density at radius 3 is 2.68 bits per heavy atom. The van der Waals surface area contributed by atoms with Crippen LogP contribution in [0.1, 0.15) is 23.6 Å². The number of nitrogens with zero attached hydrogens (tertiary/aromatic N) is 1. The zero-order valence-corrected chi connectivity index (χ0v) is 19.0. The van der Waals surface area contributed by atoms with E-state index in [4.69, 9.17) is 21.7 Å². The number of benzene rings is 2. The van der Waals surface area contributed by atoms with Gasteiger partial charge >= 0.3 is 0 Å². The van der Waals surface area contributed by atoms with Crippen molar-refractivity contribution in [2.45, 2.75) is 20.5 Å². The van der Waals surface area contributed by atoms with E-state index in [-0.39, 0.29) is 5.91 Å². The number of halogens is 1. The van der Waals surface area contributed by atoms with Gasteiger partial charge in [0.1, 0.15) is 10.9 Å². The summed E-state index contributed by atoms with van der Waals surface area (Å²) in [6.45, 7) is 4.97. The van der Waals surface area contributed by atoms with Crippen molar-refractivity contribution in [3.8, 4) is 11.5 Å². The highest BCUT2D eigenvalue weighted by Gasteiger charge is 2.30. The number of amides is 1. The molecule has 0 bridgehead atoms. The number of likely N-dealkylation sites (N-methyl/N-ethyl adjacent to an activating group) is 1. The van der Waals surface area contributed by atoms with E-state index in [0.29, 0.717) is 33.9 Å². The Balaban J connectivity index is 1.85. The van der Waals surface area contributed by atoms with Crippen LogP contribution in [0.25, 0.3) is 6.08 Å². The second-order valence-electron chi connectivity index (χ2n) is 6.23. The molecule has 3 rings (SSSR count). The highest BCUT2D eigenvalue weighted by atomic mass is 79.9. The molecule has 1 aliphatic heterocycles. The van der Waals surface area contributed by atoms with Crippen LogP contribution >= 0.6 is 39.9 Å². The first-order valence-corrected chi connectivity index (χ1v) is 10.8. The van der Waals surface area contributed by atoms with Crippen molar-refractivity contribution in [2.75, 3.05) is 13.7 Å². The summed E-state index contributed by atoms with van der Waals surface area (Å²) in [4.78, 5) is 14.6. The molecule has 1 heterocycles. The van der Waals surface area contributed by atoms with Gasteiger partial charge in [0.15, 0.2) is 11.5 Å². The molecule has 0 radical (unpaired) electrons. The Bertz CT molecular complexity index is 959. The number of aryl methyl sites for hydroxylation is 1. The number of thioether (sulfide) groups is 1. The molecule has 0 spiro atoms. The minimum Gasteiger partial charge on any atom is -0.493 e. The second kappa shape index (κ2) is 9.11. The molecule has 146 valence electrons. The molecule has 1 saturated heterocycles. The average molecular weight is 478 g/mol. The van der Waals surface area contributed by atoms with Crippen molar-refractivity contribution < 1.29 is 14.3 Å². The summed E-state index contributed by atoms with van der Waals surface area (Å²) in [6, 6.07) is 11.9. The molecular weight excluding hydrogens is 458 g/mol. The van der Waals surface area contributed by atoms with Gasteiger partial charge in [-0.15, -0.1) is 0 Å². The smallest absolute Gasteiger partial charge is 0.266 e. The van der Waals surface area contributed by atoms with Gasteiger partial charge in [-0.3, -0.25) is 9.69 Å². The van der Waals surface area contributed by atoms with Crippen molar-refractivity contribution >= 4 is 56.2 Å². The molecule has 7 heteroatoms. The molecule has 2 aromatic carbocycles. The predicted molar refractivity (Wildman–Crippen MR) is 122 cm³/mol. The Hall–Kier alpha value is -1.83. The second-order valence-corrected chi connectivity index (χ2v) is 8.76. The molecular formula is C21H20BrNO3S2. The van der Waals surface area contributed by atoms with Crippen molar-refractivity contribution in [3.63, 3.8) is 0 Å². The van der Waals surface area contributed by atoms with Crippen LogP contribution in [0.5, 0.6) is 11.5 Å². The fraction of sp³-hybridized carbons (Fsp3) is 0.238. The van der Waals surface area contributed by atoms with Gasteiger partial charge < -0.3 is 9.47 Å². The van der Waals surface area contributed by atoms with Gasteiger partial charge in [-0.2, -0.15) is 0 Å². The van der Waals surface area contributed by atoms with Crippen LogP contribution in [0.4, 0.5) is 0 Å². The maximum Gasteiger partial charge on any atom is 0.266 e. The lowest BCUT2D eigenvalue weighted by molar-refractivity contribution is -0.121. The maximum atomic E-state index is 12.4. The van der Waals surface area contributed by atoms with E-state index in [2.05, 4.69) is 35.0 Å². The lowest BCUT2D eigenvalue weighted by Gasteiger charge is -2.13. The van der Waals surface area contributed by atoms with Crippen LogP contribution in [0, 0.1) is 6.92 Å². The van der Waals surface area contributed by atoms with Gasteiger partial charge in [0.25, 0.3) is 5.91 Å². The van der Waals surface area contributed by atoms with E-state index in [1.165, 1.54) is 17.3 Å². The summed E-state index contributed by atoms with van der Waals surface area (Å²) >= 11 is 10.2. The number of hydrogen-bond acceptors (Lipinski definition) is 5. The molecule has 1 aliphatic rings. The Morgan fingerprint density at radius 2 is 2.04 bits per heavy atom. The SMILES string of the molecule is CCN1C(=O)C(=Cc2cc(OC)c(OCc3cccc(C)c3)cc2Br)SC1=S. The number of carbonyl (C=O) groups is 1. The van der Waals surface area contributed by atoms with Gasteiger partial charge in [-0.05, 0) is 43.2 Å². The number of hydrogen-bond donors (Lipinski definition) is 0. The largest absolute Gasteiger partial charge is 0.493 e. The molecule has 0 unspecified atom stereocenters. The Labute approximate surface area is 183 Å². The third-order valence-corrected chi connectivity index (χ3v) is 6.30. The first-order chi connectivity index (χ1) is 13.4. The summed E-state index contributed by atoms with van der Waals surface area (Å²) in [7, 11) is 1.60. The van der Waals surface area contributed by atoms with E-state index in [1.807, 2.05) is 37.3 Å². The van der Waals surface area contributed by atoms with Crippen LogP contribution < -0.4 is 9.47 Å². The summed E-state index contributed by atoms with van der Waals surface area (Å²) in [5.41, 5.74) is 3.11. The van der Waals surface area contributed by atoms with E-state index in [0.717, 1.165) is 15.6 Å². The maximum absolute atomic E-state index is 12.4. The Morgan fingerprint density at radius 1 is 1.25 bits per heavy atom. The van der Waals surface area contributed by atoms with Gasteiger partial charge in [0.2, 0.25) is 0 Å². The monoisotopic (exact) mass is 477 g/mol. The van der Waals surface area contributed by atoms with Gasteiger partial charge in [-0.1, -0.05) is 69.7 Å². The summed E-state index contributed by atoms with van der Waals surface area (Å²) < 4.78 is 12.9. The molecule has 0 aromatic heterocycles. The van der Waals surface area contributed by atoms with Crippen LogP contribution in [0.2, 0.25) is 0 Å². The first-order valence-electron chi connectivity index (χ1n) is 8.74. The Kier molecular flexibility index (Phi) is 6.80. The molecule has 0 aliphatic carbocycles. The summed E-state index contributed by atoms with van der Waals surface area (Å²) in [5, 5.41) is 0. The van der Waals surface area contributed by atoms with E-state index < -0.39 is 0 Å². The highest BCUT2D eigenvalue weighted by Crippen LogP contribution is 2.38. The minimum atomic E-state index is -0.0665. The third kappa shape index (κ3) is 4.59. The lowest BCUT2D eigenvalue weighted by Crippen LogP contribution is -2.27. The zero-order chi connectivity index (χ0) is 20.3. The molecule has 1 amide bonds. The number of thiocarbonyl (C=S) groups is 1. The fourth-order valence-electron chi connectivity index (χ4n) is 2.81. The van der Waals surface area contributed by atoms with Crippen molar-refractivity contribution in [2.24, 2.45) is 0 Å². The molecule has 0 N–H and O–H groups in total. The zero-order valence-electron chi connectivity index (χ0n) is 15.8. The number of carbonyl (C=O) groups excluding carboxylic acids is 1. The number of methoxy groups -OCH3 is 1. The molecule has 28 heavy (non-hydrogen) atoms. The number of rotatable bonds is 6. The number of ether oxygens (including phenoxy) is 2. The van der Waals surface area contributed by atoms with Gasteiger partial charge in [0.05, 0.1) is 12.0 Å². The van der Waals surface area contributed by atoms with E-state index in [1.54, 1.807) is 12.0 Å². The van der Waals surface area contributed by atoms with Gasteiger partial charge in [-0.25, -0.2) is 0 Å². The third-order valence-electron chi connectivity index (χ3n) is 4.24. The fourth-order valence-corrected chi connectivity index (χ4v) is 4.62. The molecule has 1 fully saturated rings. The van der Waals surface area contributed by atoms with Crippen LogP contribution in [0.3, 0.4) is 0 Å². The highest BCUT2D eigenvalue weighted by molar-refractivity contribution is 9.10. The molecule has 0 saturated carbocycles. The van der Waals surface area contributed by atoms with Crippen LogP contribution in [0.15, 0.2) is 45.8 Å². The lowest BCUT2D eigenvalue weighted by atomic mass is 10.1. The topological polar surface area (TPSA) is 38.8 Å². The quantitative estimate of drug-likeness (QED) is 0.401. The van der Waals surface area contributed by atoms with E-state index >= 15 is 0 Å². The van der Waals surface area contributed by atoms with E-state index in [9.17, 15) is 4.79 Å². The summed E-state index contributed by atoms with van der Waals surface area (Å²) in [5.74, 6) is 1.17. The van der Waals surface area contributed by atoms with Crippen LogP contribution in [-0.2, 0) is 11.4 Å². The molecule has 2 aromatic rings. The molecule has 4 nitrogen and oxygen atoms in total. The van der Waals surface area contributed by atoms with Gasteiger partial charge in [0, 0.05) is 11.0 Å². The van der Waals surface area contributed by atoms with Crippen molar-refractivity contribution in [1.82, 2.24) is 4.90 Å². The first kappa shape index (κ1) is 20.9. The summed E-state index contributed by atoms with van der Waals surface area (Å²) in [6.07, 6.45) is 1.83. The van der Waals surface area contributed by atoms with Crippen molar-refractivity contribution in [3.05, 3.63) is 62.5 Å². The average Bonchev–Trinajstić information content (AvgIpc) is 2.94. The predicted octanol–water partition coefficient (Wildman–Crippen LogP) is 5.57. The standard InChI is InChI=1S/C21H20BrNO3S2/c1-4-23-20(24)19(28-21(23)27)10-15-9-17(25-3)18(11-16(15)22)26-12-14-7-5-6-13(2)8-14/h5-11H,4,12H2,1-3H3. The molecule has 0 atom stereocenters.